The lowest BCUT2D eigenvalue weighted by atomic mass is 9.93. The maximum atomic E-state index is 9.53. The molecule has 0 aliphatic carbocycles. The van der Waals surface area contributed by atoms with Crippen LogP contribution in [0.3, 0.4) is 0 Å². The second-order valence-electron chi connectivity index (χ2n) is 6.27. The average Bonchev–Trinajstić information content (AvgIpc) is 3.00. The first-order valence-electron chi connectivity index (χ1n) is 8.39. The van der Waals surface area contributed by atoms with Crippen LogP contribution >= 0.6 is 11.6 Å². The molecule has 1 atom stereocenters. The minimum atomic E-state index is 0.177. The molecule has 4 heteroatoms. The van der Waals surface area contributed by atoms with Gasteiger partial charge in [-0.1, -0.05) is 25.4 Å². The summed E-state index contributed by atoms with van der Waals surface area (Å²) in [7, 11) is 0. The molecular weight excluding hydrogens is 298 g/mol. The third-order valence-corrected chi connectivity index (χ3v) is 4.58. The molecule has 1 fully saturated rings. The van der Waals surface area contributed by atoms with Crippen LogP contribution in [-0.2, 0) is 0 Å². The fourth-order valence-electron chi connectivity index (χ4n) is 3.33. The highest BCUT2D eigenvalue weighted by molar-refractivity contribution is 6.30. The molecule has 1 heterocycles. The lowest BCUT2D eigenvalue weighted by Gasteiger charge is -2.30. The van der Waals surface area contributed by atoms with Crippen LogP contribution in [0.4, 0.5) is 0 Å². The van der Waals surface area contributed by atoms with Crippen molar-refractivity contribution >= 4 is 11.6 Å². The summed E-state index contributed by atoms with van der Waals surface area (Å²) in [6, 6.07) is 4.22. The van der Waals surface area contributed by atoms with Gasteiger partial charge < -0.3 is 9.84 Å². The topological polar surface area (TPSA) is 32.7 Å². The number of ether oxygens (including phenoxy) is 1. The Morgan fingerprint density at radius 2 is 1.86 bits per heavy atom. The number of likely N-dealkylation sites (tertiary alicyclic amines) is 1. The van der Waals surface area contributed by atoms with E-state index in [1.54, 1.807) is 0 Å². The first kappa shape index (κ1) is 17.6. The van der Waals surface area contributed by atoms with E-state index in [4.69, 9.17) is 16.3 Å². The van der Waals surface area contributed by atoms with Crippen molar-refractivity contribution in [1.29, 1.82) is 0 Å². The van der Waals surface area contributed by atoms with Gasteiger partial charge in [0.2, 0.25) is 0 Å². The molecule has 22 heavy (non-hydrogen) atoms. The van der Waals surface area contributed by atoms with Crippen molar-refractivity contribution in [2.24, 2.45) is 0 Å². The van der Waals surface area contributed by atoms with Crippen molar-refractivity contribution < 1.29 is 9.84 Å². The van der Waals surface area contributed by atoms with Crippen LogP contribution in [0.2, 0.25) is 5.02 Å². The van der Waals surface area contributed by atoms with Crippen LogP contribution in [-0.4, -0.2) is 36.3 Å². The summed E-state index contributed by atoms with van der Waals surface area (Å²) in [5.74, 6) is 1.32. The second kappa shape index (κ2) is 8.19. The first-order chi connectivity index (χ1) is 10.6. The zero-order valence-corrected chi connectivity index (χ0v) is 14.7. The third kappa shape index (κ3) is 3.95. The SMILES string of the molecule is CCOc1c(C(C)C)cc(Cl)cc1C(CCO)N1CCCC1. The Balaban J connectivity index is 2.48. The smallest absolute Gasteiger partial charge is 0.127 e. The highest BCUT2D eigenvalue weighted by atomic mass is 35.5. The summed E-state index contributed by atoms with van der Waals surface area (Å²) in [5.41, 5.74) is 2.29. The largest absolute Gasteiger partial charge is 0.493 e. The lowest BCUT2D eigenvalue weighted by molar-refractivity contribution is 0.181. The van der Waals surface area contributed by atoms with Gasteiger partial charge >= 0.3 is 0 Å². The summed E-state index contributed by atoms with van der Waals surface area (Å²) < 4.78 is 6.00. The molecule has 1 unspecified atom stereocenters. The standard InChI is InChI=1S/C18H28ClNO2/c1-4-22-18-15(13(2)3)11-14(19)12-16(18)17(7-10-21)20-8-5-6-9-20/h11-13,17,21H,4-10H2,1-3H3. The van der Waals surface area contributed by atoms with E-state index in [1.807, 2.05) is 19.1 Å². The van der Waals surface area contributed by atoms with E-state index < -0.39 is 0 Å². The number of halogens is 1. The summed E-state index contributed by atoms with van der Waals surface area (Å²) in [6.07, 6.45) is 3.17. The number of nitrogens with zero attached hydrogens (tertiary/aromatic N) is 1. The Labute approximate surface area is 139 Å². The van der Waals surface area contributed by atoms with Gasteiger partial charge in [-0.2, -0.15) is 0 Å². The van der Waals surface area contributed by atoms with E-state index >= 15 is 0 Å². The van der Waals surface area contributed by atoms with E-state index in [0.29, 0.717) is 12.5 Å². The lowest BCUT2D eigenvalue weighted by Crippen LogP contribution is -2.27. The normalized spacial score (nSPS) is 17.2. The molecule has 1 aliphatic heterocycles. The van der Waals surface area contributed by atoms with Gasteiger partial charge in [0.15, 0.2) is 0 Å². The number of hydrogen-bond donors (Lipinski definition) is 1. The number of aliphatic hydroxyl groups is 1. The highest BCUT2D eigenvalue weighted by Crippen LogP contribution is 2.40. The van der Waals surface area contributed by atoms with Crippen LogP contribution in [0.25, 0.3) is 0 Å². The van der Waals surface area contributed by atoms with Crippen molar-refractivity contribution in [3.63, 3.8) is 0 Å². The average molecular weight is 326 g/mol. The molecule has 0 aromatic heterocycles. The first-order valence-corrected chi connectivity index (χ1v) is 8.77. The number of aliphatic hydroxyl groups excluding tert-OH is 1. The second-order valence-corrected chi connectivity index (χ2v) is 6.71. The minimum absolute atomic E-state index is 0.177. The molecule has 1 aromatic carbocycles. The van der Waals surface area contributed by atoms with Crippen LogP contribution in [0.15, 0.2) is 12.1 Å². The van der Waals surface area contributed by atoms with E-state index in [-0.39, 0.29) is 12.6 Å². The van der Waals surface area contributed by atoms with Crippen LogP contribution in [0.1, 0.15) is 63.1 Å². The molecule has 0 spiro atoms. The summed E-state index contributed by atoms with van der Waals surface area (Å²) in [4.78, 5) is 2.45. The van der Waals surface area contributed by atoms with Crippen molar-refractivity contribution in [2.75, 3.05) is 26.3 Å². The zero-order valence-electron chi connectivity index (χ0n) is 13.9. The van der Waals surface area contributed by atoms with Gasteiger partial charge in [-0.05, 0) is 62.9 Å². The van der Waals surface area contributed by atoms with E-state index in [9.17, 15) is 5.11 Å². The van der Waals surface area contributed by atoms with Crippen LogP contribution in [0, 0.1) is 0 Å². The molecule has 0 bridgehead atoms. The molecule has 1 saturated heterocycles. The fraction of sp³-hybridized carbons (Fsp3) is 0.667. The van der Waals surface area contributed by atoms with Gasteiger partial charge in [0.25, 0.3) is 0 Å². The summed E-state index contributed by atoms with van der Waals surface area (Å²) in [6.45, 7) is 9.32. The fourth-order valence-corrected chi connectivity index (χ4v) is 3.57. The molecule has 0 amide bonds. The Hall–Kier alpha value is -0.770. The molecule has 0 saturated carbocycles. The zero-order chi connectivity index (χ0) is 16.1. The van der Waals surface area contributed by atoms with E-state index in [2.05, 4.69) is 18.7 Å². The Morgan fingerprint density at radius 3 is 2.41 bits per heavy atom. The maximum absolute atomic E-state index is 9.53. The quantitative estimate of drug-likeness (QED) is 0.807. The van der Waals surface area contributed by atoms with Crippen molar-refractivity contribution in [1.82, 2.24) is 4.90 Å². The van der Waals surface area contributed by atoms with Gasteiger partial charge in [0.1, 0.15) is 5.75 Å². The third-order valence-electron chi connectivity index (χ3n) is 4.36. The van der Waals surface area contributed by atoms with Gasteiger partial charge in [-0.15, -0.1) is 0 Å². The number of benzene rings is 1. The molecule has 124 valence electrons. The van der Waals surface area contributed by atoms with Gasteiger partial charge in [0.05, 0.1) is 6.61 Å². The number of rotatable bonds is 7. The molecule has 1 N–H and O–H groups in total. The van der Waals surface area contributed by atoms with Gasteiger partial charge in [-0.25, -0.2) is 0 Å². The minimum Gasteiger partial charge on any atom is -0.493 e. The monoisotopic (exact) mass is 325 g/mol. The highest BCUT2D eigenvalue weighted by Gasteiger charge is 2.27. The van der Waals surface area contributed by atoms with Crippen molar-refractivity contribution in [3.05, 3.63) is 28.3 Å². The summed E-state index contributed by atoms with van der Waals surface area (Å²) >= 11 is 6.38. The summed E-state index contributed by atoms with van der Waals surface area (Å²) in [5, 5.41) is 10.3. The Kier molecular flexibility index (Phi) is 6.54. The van der Waals surface area contributed by atoms with Crippen molar-refractivity contribution in [3.8, 4) is 5.75 Å². The van der Waals surface area contributed by atoms with E-state index in [1.165, 1.54) is 12.8 Å². The molecule has 0 radical (unpaired) electrons. The van der Waals surface area contributed by atoms with E-state index in [0.717, 1.165) is 41.4 Å². The maximum Gasteiger partial charge on any atom is 0.127 e. The molecule has 1 aromatic rings. The predicted octanol–water partition coefficient (Wildman–Crippen LogP) is 4.38. The molecule has 3 nitrogen and oxygen atoms in total. The molecular formula is C18H28ClNO2. The van der Waals surface area contributed by atoms with Crippen LogP contribution in [0.5, 0.6) is 5.75 Å². The predicted molar refractivity (Wildman–Crippen MR) is 92.0 cm³/mol. The van der Waals surface area contributed by atoms with Crippen LogP contribution < -0.4 is 4.74 Å². The number of hydrogen-bond acceptors (Lipinski definition) is 3. The van der Waals surface area contributed by atoms with Crippen molar-refractivity contribution in [2.45, 2.75) is 52.0 Å². The molecule has 2 rings (SSSR count). The Bertz CT molecular complexity index is 484. The Morgan fingerprint density at radius 1 is 1.23 bits per heavy atom. The van der Waals surface area contributed by atoms with Gasteiger partial charge in [0, 0.05) is 23.2 Å². The van der Waals surface area contributed by atoms with Gasteiger partial charge in [-0.3, -0.25) is 4.90 Å². The molecule has 1 aliphatic rings.